The number of aromatic nitrogens is 2. The topological polar surface area (TPSA) is 62.2 Å². The molecule has 5 nitrogen and oxygen atoms in total. The molecule has 0 radical (unpaired) electrons. The third kappa shape index (κ3) is 2.56. The predicted octanol–water partition coefficient (Wildman–Crippen LogP) is 2.21. The third-order valence-electron chi connectivity index (χ3n) is 4.33. The highest BCUT2D eigenvalue weighted by Crippen LogP contribution is 2.31. The van der Waals surface area contributed by atoms with Crippen LogP contribution in [0.15, 0.2) is 21.4 Å². The fourth-order valence-electron chi connectivity index (χ4n) is 3.06. The first-order valence-electron chi connectivity index (χ1n) is 7.21. The molecule has 1 aliphatic heterocycles. The molecule has 2 unspecified atom stereocenters. The van der Waals surface area contributed by atoms with E-state index in [9.17, 15) is 4.79 Å². The third-order valence-corrected chi connectivity index (χ3v) is 5.02. The van der Waals surface area contributed by atoms with Gasteiger partial charge in [-0.3, -0.25) is 9.13 Å². The number of nitrogens with zero attached hydrogens (tertiary/aromatic N) is 2. The van der Waals surface area contributed by atoms with Crippen molar-refractivity contribution in [2.24, 2.45) is 19.8 Å². The van der Waals surface area contributed by atoms with Gasteiger partial charge in [-0.2, -0.15) is 0 Å². The highest BCUT2D eigenvalue weighted by molar-refractivity contribution is 9.10. The average molecular weight is 354 g/mol. The standard InChI is InChI=1S/C15H20BrN3O2/c1-18-13-7-10(12(17)6-9-4-3-5-21-9)11(16)8-14(13)19(2)15(18)20/h7-9,12H,3-6,17H2,1-2H3. The van der Waals surface area contributed by atoms with Crippen molar-refractivity contribution < 1.29 is 4.74 Å². The lowest BCUT2D eigenvalue weighted by Crippen LogP contribution is -2.19. The second-order valence-electron chi connectivity index (χ2n) is 5.74. The Kier molecular flexibility index (Phi) is 3.94. The van der Waals surface area contributed by atoms with Gasteiger partial charge >= 0.3 is 5.69 Å². The number of hydrogen-bond donors (Lipinski definition) is 1. The molecule has 1 aromatic carbocycles. The molecule has 1 aromatic heterocycles. The van der Waals surface area contributed by atoms with Crippen LogP contribution in [0.1, 0.15) is 30.9 Å². The van der Waals surface area contributed by atoms with E-state index in [0.717, 1.165) is 46.9 Å². The molecule has 1 aliphatic rings. The minimum absolute atomic E-state index is 0.0262. The van der Waals surface area contributed by atoms with E-state index in [1.165, 1.54) is 0 Å². The van der Waals surface area contributed by atoms with Gasteiger partial charge in [-0.05, 0) is 37.0 Å². The maximum Gasteiger partial charge on any atom is 0.328 e. The minimum atomic E-state index is -0.0952. The van der Waals surface area contributed by atoms with Gasteiger partial charge in [-0.25, -0.2) is 4.79 Å². The Bertz CT molecular complexity index is 729. The van der Waals surface area contributed by atoms with Gasteiger partial charge in [0, 0.05) is 31.2 Å². The Hall–Kier alpha value is -1.11. The molecule has 1 saturated heterocycles. The first kappa shape index (κ1) is 14.8. The molecule has 3 rings (SSSR count). The lowest BCUT2D eigenvalue weighted by Gasteiger charge is -2.18. The molecule has 1 fully saturated rings. The number of imidazole rings is 1. The molecule has 0 aliphatic carbocycles. The summed E-state index contributed by atoms with van der Waals surface area (Å²) in [7, 11) is 3.57. The van der Waals surface area contributed by atoms with Gasteiger partial charge < -0.3 is 10.5 Å². The molecule has 6 heteroatoms. The average Bonchev–Trinajstić information content (AvgIpc) is 3.03. The van der Waals surface area contributed by atoms with Gasteiger partial charge in [0.25, 0.3) is 0 Å². The molecule has 0 saturated carbocycles. The van der Waals surface area contributed by atoms with Crippen LogP contribution >= 0.6 is 15.9 Å². The Morgan fingerprint density at radius 3 is 2.67 bits per heavy atom. The fourth-order valence-corrected chi connectivity index (χ4v) is 3.69. The number of benzene rings is 1. The van der Waals surface area contributed by atoms with E-state index >= 15 is 0 Å². The van der Waals surface area contributed by atoms with Crippen LogP contribution in [0.2, 0.25) is 0 Å². The zero-order chi connectivity index (χ0) is 15.1. The van der Waals surface area contributed by atoms with Crippen LogP contribution in [0.25, 0.3) is 11.0 Å². The molecule has 0 amide bonds. The number of fused-ring (bicyclic) bond motifs is 1. The summed E-state index contributed by atoms with van der Waals surface area (Å²) in [5.74, 6) is 0. The van der Waals surface area contributed by atoms with Gasteiger partial charge in [0.05, 0.1) is 17.1 Å². The number of aryl methyl sites for hydroxylation is 2. The zero-order valence-electron chi connectivity index (χ0n) is 12.3. The number of nitrogens with two attached hydrogens (primary N) is 1. The summed E-state index contributed by atoms with van der Waals surface area (Å²) < 4.78 is 9.92. The van der Waals surface area contributed by atoms with Gasteiger partial charge in [0.15, 0.2) is 0 Å². The Balaban J connectivity index is 2.00. The number of ether oxygens (including phenoxy) is 1. The van der Waals surface area contributed by atoms with Crippen molar-refractivity contribution in [3.8, 4) is 0 Å². The van der Waals surface area contributed by atoms with Crippen LogP contribution in [-0.2, 0) is 18.8 Å². The number of rotatable bonds is 3. The maximum absolute atomic E-state index is 12.0. The first-order valence-corrected chi connectivity index (χ1v) is 8.00. The van der Waals surface area contributed by atoms with Crippen molar-refractivity contribution >= 4 is 27.0 Å². The summed E-state index contributed by atoms with van der Waals surface area (Å²) in [5, 5.41) is 0. The Morgan fingerprint density at radius 1 is 1.38 bits per heavy atom. The van der Waals surface area contributed by atoms with E-state index in [1.807, 2.05) is 12.1 Å². The largest absolute Gasteiger partial charge is 0.378 e. The van der Waals surface area contributed by atoms with E-state index < -0.39 is 0 Å². The zero-order valence-corrected chi connectivity index (χ0v) is 13.9. The first-order chi connectivity index (χ1) is 9.99. The molecule has 0 spiro atoms. The Labute approximate surface area is 131 Å². The van der Waals surface area contributed by atoms with Crippen molar-refractivity contribution in [2.45, 2.75) is 31.4 Å². The molecular weight excluding hydrogens is 334 g/mol. The molecule has 2 aromatic rings. The van der Waals surface area contributed by atoms with Crippen LogP contribution in [0, 0.1) is 0 Å². The molecule has 21 heavy (non-hydrogen) atoms. The van der Waals surface area contributed by atoms with Gasteiger partial charge in [-0.1, -0.05) is 15.9 Å². The summed E-state index contributed by atoms with van der Waals surface area (Å²) in [6, 6.07) is 3.89. The molecule has 2 heterocycles. The molecular formula is C15H20BrN3O2. The smallest absolute Gasteiger partial charge is 0.328 e. The van der Waals surface area contributed by atoms with Crippen molar-refractivity contribution in [3.63, 3.8) is 0 Å². The number of halogens is 1. The fraction of sp³-hybridized carbons (Fsp3) is 0.533. The second-order valence-corrected chi connectivity index (χ2v) is 6.59. The minimum Gasteiger partial charge on any atom is -0.378 e. The second kappa shape index (κ2) is 5.59. The van der Waals surface area contributed by atoms with E-state index in [0.29, 0.717) is 0 Å². The molecule has 2 atom stereocenters. The van der Waals surface area contributed by atoms with Crippen molar-refractivity contribution in [1.29, 1.82) is 0 Å². The van der Waals surface area contributed by atoms with E-state index in [4.69, 9.17) is 10.5 Å². The van der Waals surface area contributed by atoms with Crippen LogP contribution < -0.4 is 11.4 Å². The van der Waals surface area contributed by atoms with E-state index in [2.05, 4.69) is 15.9 Å². The quantitative estimate of drug-likeness (QED) is 0.919. The monoisotopic (exact) mass is 353 g/mol. The van der Waals surface area contributed by atoms with E-state index in [1.54, 1.807) is 23.2 Å². The summed E-state index contributed by atoms with van der Waals surface area (Å²) >= 11 is 3.59. The summed E-state index contributed by atoms with van der Waals surface area (Å²) in [6.07, 6.45) is 3.26. The van der Waals surface area contributed by atoms with Crippen LogP contribution in [-0.4, -0.2) is 21.8 Å². The normalized spacial score (nSPS) is 20.3. The molecule has 2 N–H and O–H groups in total. The SMILES string of the molecule is Cn1c(=O)n(C)c2cc(C(N)CC3CCCO3)c(Br)cc21. The van der Waals surface area contributed by atoms with Crippen molar-refractivity contribution in [3.05, 3.63) is 32.7 Å². The maximum atomic E-state index is 12.0. The lowest BCUT2D eigenvalue weighted by molar-refractivity contribution is 0.0983. The molecule has 114 valence electrons. The lowest BCUT2D eigenvalue weighted by atomic mass is 9.99. The summed E-state index contributed by atoms with van der Waals surface area (Å²) in [4.78, 5) is 12.0. The van der Waals surface area contributed by atoms with Gasteiger partial charge in [0.2, 0.25) is 0 Å². The predicted molar refractivity (Wildman–Crippen MR) is 86.4 cm³/mol. The number of hydrogen-bond acceptors (Lipinski definition) is 3. The highest BCUT2D eigenvalue weighted by atomic mass is 79.9. The van der Waals surface area contributed by atoms with Gasteiger partial charge in [-0.15, -0.1) is 0 Å². The van der Waals surface area contributed by atoms with Crippen molar-refractivity contribution in [1.82, 2.24) is 9.13 Å². The Morgan fingerprint density at radius 2 is 2.05 bits per heavy atom. The summed E-state index contributed by atoms with van der Waals surface area (Å²) in [5.41, 5.74) is 9.17. The highest BCUT2D eigenvalue weighted by Gasteiger charge is 2.22. The van der Waals surface area contributed by atoms with Gasteiger partial charge in [0.1, 0.15) is 0 Å². The molecule has 0 bridgehead atoms. The summed E-state index contributed by atoms with van der Waals surface area (Å²) in [6.45, 7) is 0.838. The van der Waals surface area contributed by atoms with Crippen molar-refractivity contribution in [2.75, 3.05) is 6.61 Å². The van der Waals surface area contributed by atoms with Crippen LogP contribution in [0.4, 0.5) is 0 Å². The van der Waals surface area contributed by atoms with E-state index in [-0.39, 0.29) is 17.8 Å². The van der Waals surface area contributed by atoms with Crippen LogP contribution in [0.3, 0.4) is 0 Å². The van der Waals surface area contributed by atoms with Crippen LogP contribution in [0.5, 0.6) is 0 Å².